The molecule has 0 aliphatic heterocycles. The summed E-state index contributed by atoms with van der Waals surface area (Å²) in [5.74, 6) is -0.0794. The molecule has 0 heterocycles. The highest BCUT2D eigenvalue weighted by Gasteiger charge is 2.43. The molecule has 1 aromatic carbocycles. The molecule has 0 unspecified atom stereocenters. The summed E-state index contributed by atoms with van der Waals surface area (Å²) in [5, 5.41) is 6.49. The van der Waals surface area contributed by atoms with Crippen LogP contribution < -0.4 is 16.4 Å². The number of amides is 1. The van der Waals surface area contributed by atoms with Gasteiger partial charge in [-0.2, -0.15) is 0 Å². The van der Waals surface area contributed by atoms with Gasteiger partial charge < -0.3 is 11.1 Å². The van der Waals surface area contributed by atoms with E-state index >= 15 is 0 Å². The van der Waals surface area contributed by atoms with E-state index in [1.807, 2.05) is 37.3 Å². The minimum Gasteiger partial charge on any atom is -0.336 e. The summed E-state index contributed by atoms with van der Waals surface area (Å²) in [5.41, 5.74) is 6.45. The van der Waals surface area contributed by atoms with Gasteiger partial charge in [-0.15, -0.1) is 12.4 Å². The number of halogens is 1. The van der Waals surface area contributed by atoms with Crippen molar-refractivity contribution in [2.24, 2.45) is 11.7 Å². The maximum absolute atomic E-state index is 12.9. The molecule has 1 amide bonds. The zero-order valence-corrected chi connectivity index (χ0v) is 19.4. The Morgan fingerprint density at radius 1 is 1.18 bits per heavy atom. The summed E-state index contributed by atoms with van der Waals surface area (Å²) in [7, 11) is -3.50. The minimum atomic E-state index is -3.50. The van der Waals surface area contributed by atoms with Gasteiger partial charge in [0.05, 0.1) is 10.4 Å². The third-order valence-corrected chi connectivity index (χ3v) is 7.32. The van der Waals surface area contributed by atoms with Crippen LogP contribution in [-0.2, 0) is 21.1 Å². The van der Waals surface area contributed by atoms with Gasteiger partial charge in [0, 0.05) is 12.7 Å². The van der Waals surface area contributed by atoms with E-state index in [9.17, 15) is 13.2 Å². The second-order valence-corrected chi connectivity index (χ2v) is 10.8. The van der Waals surface area contributed by atoms with Crippen molar-refractivity contribution in [2.45, 2.75) is 63.9 Å². The molecular formula is C20H36ClN3O3S. The van der Waals surface area contributed by atoms with Crippen molar-refractivity contribution in [1.82, 2.24) is 10.6 Å². The van der Waals surface area contributed by atoms with Crippen LogP contribution in [0.5, 0.6) is 0 Å². The van der Waals surface area contributed by atoms with E-state index in [1.165, 1.54) is 13.8 Å². The van der Waals surface area contributed by atoms with Gasteiger partial charge >= 0.3 is 0 Å². The Bertz CT molecular complexity index is 723. The largest absolute Gasteiger partial charge is 0.336 e. The topological polar surface area (TPSA) is 101 Å². The van der Waals surface area contributed by atoms with E-state index in [-0.39, 0.29) is 12.4 Å². The SMILES string of the molecule is CC[C@](Cc1ccccc1)(NCC(C)C)NC(=O)[C@H](N)C(C)(C)S(C)(=O)=O.Cl. The fourth-order valence-electron chi connectivity index (χ4n) is 2.69. The number of rotatable bonds is 10. The zero-order chi connectivity index (χ0) is 20.9. The van der Waals surface area contributed by atoms with Crippen molar-refractivity contribution >= 4 is 28.2 Å². The van der Waals surface area contributed by atoms with E-state index in [2.05, 4.69) is 24.5 Å². The minimum absolute atomic E-state index is 0. The molecule has 28 heavy (non-hydrogen) atoms. The highest BCUT2D eigenvalue weighted by Crippen LogP contribution is 2.21. The Labute approximate surface area is 176 Å². The van der Waals surface area contributed by atoms with Crippen molar-refractivity contribution < 1.29 is 13.2 Å². The molecule has 0 saturated carbocycles. The Morgan fingerprint density at radius 2 is 1.71 bits per heavy atom. The number of sulfone groups is 1. The Hall–Kier alpha value is -1.15. The van der Waals surface area contributed by atoms with E-state index < -0.39 is 32.2 Å². The van der Waals surface area contributed by atoms with E-state index in [4.69, 9.17) is 5.73 Å². The fraction of sp³-hybridized carbons (Fsp3) is 0.650. The first-order chi connectivity index (χ1) is 12.3. The Morgan fingerprint density at radius 3 is 2.14 bits per heavy atom. The van der Waals surface area contributed by atoms with Crippen LogP contribution in [0.1, 0.15) is 46.6 Å². The van der Waals surface area contributed by atoms with Crippen molar-refractivity contribution in [3.05, 3.63) is 35.9 Å². The second-order valence-electron chi connectivity index (χ2n) is 8.22. The van der Waals surface area contributed by atoms with Crippen molar-refractivity contribution in [1.29, 1.82) is 0 Å². The predicted octanol–water partition coefficient (Wildman–Crippen LogP) is 2.27. The molecule has 0 saturated heterocycles. The van der Waals surface area contributed by atoms with Gasteiger partial charge in [0.25, 0.3) is 0 Å². The first kappa shape index (κ1) is 26.9. The quantitative estimate of drug-likeness (QED) is 0.491. The van der Waals surface area contributed by atoms with E-state index in [1.54, 1.807) is 0 Å². The molecule has 0 fully saturated rings. The predicted molar refractivity (Wildman–Crippen MR) is 118 cm³/mol. The van der Waals surface area contributed by atoms with Gasteiger partial charge in [0.2, 0.25) is 5.91 Å². The molecule has 6 nitrogen and oxygen atoms in total. The average molecular weight is 434 g/mol. The molecular weight excluding hydrogens is 398 g/mol. The van der Waals surface area contributed by atoms with Crippen molar-refractivity contribution in [3.63, 3.8) is 0 Å². The van der Waals surface area contributed by atoms with Crippen LogP contribution in [0, 0.1) is 5.92 Å². The van der Waals surface area contributed by atoms with Crippen molar-refractivity contribution in [2.75, 3.05) is 12.8 Å². The smallest absolute Gasteiger partial charge is 0.239 e. The number of benzene rings is 1. The Kier molecular flexibility index (Phi) is 10.1. The average Bonchev–Trinajstić information content (AvgIpc) is 2.58. The molecule has 0 bridgehead atoms. The van der Waals surface area contributed by atoms with Crippen LogP contribution in [0.3, 0.4) is 0 Å². The van der Waals surface area contributed by atoms with Crippen LogP contribution in [0.2, 0.25) is 0 Å². The lowest BCUT2D eigenvalue weighted by Crippen LogP contribution is -2.66. The first-order valence-corrected chi connectivity index (χ1v) is 11.3. The number of hydrogen-bond donors (Lipinski definition) is 3. The van der Waals surface area contributed by atoms with Crippen LogP contribution in [0.25, 0.3) is 0 Å². The normalized spacial score (nSPS) is 15.4. The standard InChI is InChI=1S/C20H35N3O3S.ClH/c1-7-20(22-14-15(2)3,13-16-11-9-8-10-12-16)23-18(24)17(21)19(4,5)27(6,25)26;/h8-12,15,17,22H,7,13-14,21H2,1-6H3,(H,23,24);1H/t17-,20-;/m0./s1. The van der Waals surface area contributed by atoms with Gasteiger partial charge in [0.1, 0.15) is 6.04 Å². The van der Waals surface area contributed by atoms with E-state index in [0.717, 1.165) is 11.8 Å². The summed E-state index contributed by atoms with van der Waals surface area (Å²) >= 11 is 0. The summed E-state index contributed by atoms with van der Waals surface area (Å²) in [6.07, 6.45) is 2.31. The first-order valence-electron chi connectivity index (χ1n) is 9.41. The molecule has 0 aliphatic carbocycles. The summed E-state index contributed by atoms with van der Waals surface area (Å²) in [4.78, 5) is 12.9. The van der Waals surface area contributed by atoms with Crippen LogP contribution in [-0.4, -0.2) is 43.6 Å². The number of hydrogen-bond acceptors (Lipinski definition) is 5. The number of carbonyl (C=O) groups is 1. The molecule has 4 N–H and O–H groups in total. The van der Waals surface area contributed by atoms with Crippen LogP contribution >= 0.6 is 12.4 Å². The maximum atomic E-state index is 12.9. The zero-order valence-electron chi connectivity index (χ0n) is 17.8. The monoisotopic (exact) mass is 433 g/mol. The third kappa shape index (κ3) is 7.03. The van der Waals surface area contributed by atoms with Gasteiger partial charge in [0.15, 0.2) is 9.84 Å². The summed E-state index contributed by atoms with van der Waals surface area (Å²) in [6.45, 7) is 9.86. The van der Waals surface area contributed by atoms with Gasteiger partial charge in [-0.1, -0.05) is 51.1 Å². The van der Waals surface area contributed by atoms with Gasteiger partial charge in [-0.05, 0) is 38.3 Å². The van der Waals surface area contributed by atoms with E-state index in [0.29, 0.717) is 25.3 Å². The molecule has 0 spiro atoms. The summed E-state index contributed by atoms with van der Waals surface area (Å²) in [6, 6.07) is 8.70. The second kappa shape index (κ2) is 10.6. The fourth-order valence-corrected chi connectivity index (χ4v) is 3.26. The molecule has 0 aliphatic rings. The lowest BCUT2D eigenvalue weighted by molar-refractivity contribution is -0.125. The van der Waals surface area contributed by atoms with Gasteiger partial charge in [-0.25, -0.2) is 8.42 Å². The van der Waals surface area contributed by atoms with Crippen LogP contribution in [0.4, 0.5) is 0 Å². The molecule has 1 rings (SSSR count). The van der Waals surface area contributed by atoms with Crippen molar-refractivity contribution in [3.8, 4) is 0 Å². The van der Waals surface area contributed by atoms with Gasteiger partial charge in [-0.3, -0.25) is 10.1 Å². The molecule has 1 aromatic rings. The lowest BCUT2D eigenvalue weighted by Gasteiger charge is -2.38. The lowest BCUT2D eigenvalue weighted by atomic mass is 9.94. The molecule has 0 aromatic heterocycles. The number of carbonyl (C=O) groups excluding carboxylic acids is 1. The number of nitrogens with two attached hydrogens (primary N) is 1. The summed E-state index contributed by atoms with van der Waals surface area (Å²) < 4.78 is 22.8. The molecule has 162 valence electrons. The molecule has 0 radical (unpaired) electrons. The third-order valence-electron chi connectivity index (χ3n) is 5.15. The van der Waals surface area contributed by atoms with Crippen LogP contribution in [0.15, 0.2) is 30.3 Å². The molecule has 8 heteroatoms. The maximum Gasteiger partial charge on any atom is 0.239 e. The highest BCUT2D eigenvalue weighted by molar-refractivity contribution is 7.92. The number of nitrogens with one attached hydrogen (secondary N) is 2. The molecule has 2 atom stereocenters. The highest BCUT2D eigenvalue weighted by atomic mass is 35.5. The Balaban J connectivity index is 0.00000729.